The van der Waals surface area contributed by atoms with E-state index in [0.717, 1.165) is 12.8 Å². The number of carbonyl (C=O) groups excluding carboxylic acids is 2. The molecule has 1 aliphatic carbocycles. The Bertz CT molecular complexity index is 716. The Labute approximate surface area is 152 Å². The van der Waals surface area contributed by atoms with Crippen LogP contribution >= 0.6 is 0 Å². The van der Waals surface area contributed by atoms with Crippen LogP contribution in [-0.4, -0.2) is 53.0 Å². The highest BCUT2D eigenvalue weighted by Gasteiger charge is 2.36. The smallest absolute Gasteiger partial charge is 0.308 e. The maximum Gasteiger partial charge on any atom is 0.308 e. The molecule has 0 saturated heterocycles. The normalized spacial score (nSPS) is 20.2. The van der Waals surface area contributed by atoms with Gasteiger partial charge in [-0.3, -0.25) is 14.4 Å². The van der Waals surface area contributed by atoms with Crippen LogP contribution in [0, 0.1) is 5.92 Å². The number of carboxylic acids is 1. The molecule has 0 spiro atoms. The maximum atomic E-state index is 12.7. The summed E-state index contributed by atoms with van der Waals surface area (Å²) < 4.78 is 5.60. The second kappa shape index (κ2) is 7.35. The number of carbonyl (C=O) groups is 3. The Morgan fingerprint density at radius 3 is 2.69 bits per heavy atom. The topological polar surface area (TPSA) is 87.2 Å². The van der Waals surface area contributed by atoms with E-state index >= 15 is 0 Å². The first-order valence-corrected chi connectivity index (χ1v) is 8.97. The molecule has 1 N–H and O–H groups in total. The van der Waals surface area contributed by atoms with Crippen LogP contribution in [0.4, 0.5) is 5.69 Å². The number of rotatable bonds is 7. The molecule has 0 radical (unpaired) electrons. The van der Waals surface area contributed by atoms with Crippen LogP contribution in [0.25, 0.3) is 0 Å². The minimum atomic E-state index is -0.908. The van der Waals surface area contributed by atoms with E-state index < -0.39 is 18.0 Å². The molecule has 1 fully saturated rings. The van der Waals surface area contributed by atoms with Crippen molar-refractivity contribution in [1.82, 2.24) is 4.90 Å². The molecule has 1 saturated carbocycles. The lowest BCUT2D eigenvalue weighted by Crippen LogP contribution is -2.46. The van der Waals surface area contributed by atoms with Gasteiger partial charge < -0.3 is 19.6 Å². The predicted octanol–water partition coefficient (Wildman–Crippen LogP) is 1.90. The van der Waals surface area contributed by atoms with E-state index in [1.807, 2.05) is 12.1 Å². The number of anilines is 1. The van der Waals surface area contributed by atoms with Gasteiger partial charge in [0, 0.05) is 25.6 Å². The summed E-state index contributed by atoms with van der Waals surface area (Å²) in [5.74, 6) is -1.16. The highest BCUT2D eigenvalue weighted by molar-refractivity contribution is 6.00. The number of hydrogen-bond donors (Lipinski definition) is 1. The molecule has 7 heteroatoms. The maximum absolute atomic E-state index is 12.7. The third-order valence-electron chi connectivity index (χ3n) is 4.82. The number of aliphatic carboxylic acids is 1. The zero-order valence-electron chi connectivity index (χ0n) is 15.1. The molecule has 0 bridgehead atoms. The van der Waals surface area contributed by atoms with Crippen LogP contribution in [0.2, 0.25) is 0 Å². The van der Waals surface area contributed by atoms with Crippen molar-refractivity contribution >= 4 is 23.5 Å². The summed E-state index contributed by atoms with van der Waals surface area (Å²) in [7, 11) is 0. The monoisotopic (exact) mass is 360 g/mol. The standard InChI is InChI=1S/C19H24N2O5/c1-12(19(24)25)11-21(14-7-8-14)17(22)9-10-20-15-5-3-4-6-16(15)26-13(2)18(20)23/h3-6,12-14H,7-11H2,1-2H3,(H,24,25). The summed E-state index contributed by atoms with van der Waals surface area (Å²) in [5.41, 5.74) is 0.667. The van der Waals surface area contributed by atoms with Gasteiger partial charge in [-0.2, -0.15) is 0 Å². The van der Waals surface area contributed by atoms with Gasteiger partial charge in [0.05, 0.1) is 11.6 Å². The highest BCUT2D eigenvalue weighted by atomic mass is 16.5. The Hall–Kier alpha value is -2.57. The van der Waals surface area contributed by atoms with Gasteiger partial charge >= 0.3 is 5.97 Å². The third kappa shape index (κ3) is 3.81. The lowest BCUT2D eigenvalue weighted by atomic mass is 10.1. The summed E-state index contributed by atoms with van der Waals surface area (Å²) in [6.07, 6.45) is 1.39. The van der Waals surface area contributed by atoms with E-state index in [9.17, 15) is 14.4 Å². The molecule has 0 aromatic heterocycles. The molecule has 1 aromatic carbocycles. The van der Waals surface area contributed by atoms with Crippen molar-refractivity contribution in [2.75, 3.05) is 18.0 Å². The van der Waals surface area contributed by atoms with E-state index in [2.05, 4.69) is 0 Å². The Balaban J connectivity index is 1.68. The van der Waals surface area contributed by atoms with Gasteiger partial charge in [-0.15, -0.1) is 0 Å². The number of ether oxygens (including phenoxy) is 1. The summed E-state index contributed by atoms with van der Waals surface area (Å²) in [4.78, 5) is 39.5. The average molecular weight is 360 g/mol. The van der Waals surface area contributed by atoms with E-state index in [4.69, 9.17) is 9.84 Å². The molecular formula is C19H24N2O5. The first-order valence-electron chi connectivity index (χ1n) is 8.97. The molecule has 2 unspecified atom stereocenters. The van der Waals surface area contributed by atoms with Crippen LogP contribution in [0.15, 0.2) is 24.3 Å². The van der Waals surface area contributed by atoms with Crippen molar-refractivity contribution in [3.63, 3.8) is 0 Å². The first-order chi connectivity index (χ1) is 12.4. The highest BCUT2D eigenvalue weighted by Crippen LogP contribution is 2.34. The van der Waals surface area contributed by atoms with Gasteiger partial charge in [-0.25, -0.2) is 0 Å². The zero-order chi connectivity index (χ0) is 18.8. The molecule has 3 rings (SSSR count). The van der Waals surface area contributed by atoms with E-state index in [1.165, 1.54) is 0 Å². The summed E-state index contributed by atoms with van der Waals surface area (Å²) in [5, 5.41) is 9.12. The fourth-order valence-electron chi connectivity index (χ4n) is 3.15. The third-order valence-corrected chi connectivity index (χ3v) is 4.82. The van der Waals surface area contributed by atoms with Crippen LogP contribution < -0.4 is 9.64 Å². The van der Waals surface area contributed by atoms with Crippen LogP contribution in [0.1, 0.15) is 33.1 Å². The average Bonchev–Trinajstić information content (AvgIpc) is 3.44. The molecular weight excluding hydrogens is 336 g/mol. The van der Waals surface area contributed by atoms with Gasteiger partial charge in [0.2, 0.25) is 5.91 Å². The molecule has 26 heavy (non-hydrogen) atoms. The molecule has 1 heterocycles. The van der Waals surface area contributed by atoms with Gasteiger partial charge in [0.15, 0.2) is 6.10 Å². The zero-order valence-corrected chi connectivity index (χ0v) is 15.1. The van der Waals surface area contributed by atoms with Crippen molar-refractivity contribution in [1.29, 1.82) is 0 Å². The van der Waals surface area contributed by atoms with Gasteiger partial charge in [0.25, 0.3) is 5.91 Å². The molecule has 1 aromatic rings. The molecule has 1 aliphatic heterocycles. The number of fused-ring (bicyclic) bond motifs is 1. The number of amides is 2. The van der Waals surface area contributed by atoms with Crippen LogP contribution in [-0.2, 0) is 14.4 Å². The lowest BCUT2D eigenvalue weighted by Gasteiger charge is -2.33. The lowest BCUT2D eigenvalue weighted by molar-refractivity contribution is -0.143. The molecule has 2 aliphatic rings. The second-order valence-electron chi connectivity index (χ2n) is 6.98. The van der Waals surface area contributed by atoms with Crippen LogP contribution in [0.5, 0.6) is 5.75 Å². The summed E-state index contributed by atoms with van der Waals surface area (Å²) >= 11 is 0. The largest absolute Gasteiger partial charge is 0.481 e. The number of benzene rings is 1. The van der Waals surface area contributed by atoms with Gasteiger partial charge in [-0.05, 0) is 31.9 Å². The fourth-order valence-corrected chi connectivity index (χ4v) is 3.15. The fraction of sp³-hybridized carbons (Fsp3) is 0.526. The van der Waals surface area contributed by atoms with E-state index in [1.54, 1.807) is 35.8 Å². The van der Waals surface area contributed by atoms with E-state index in [-0.39, 0.29) is 37.4 Å². The molecule has 140 valence electrons. The van der Waals surface area contributed by atoms with Gasteiger partial charge in [0.1, 0.15) is 5.75 Å². The van der Waals surface area contributed by atoms with Crippen molar-refractivity contribution < 1.29 is 24.2 Å². The Morgan fingerprint density at radius 2 is 2.04 bits per heavy atom. The molecule has 2 atom stereocenters. The van der Waals surface area contributed by atoms with Crippen molar-refractivity contribution in [3.05, 3.63) is 24.3 Å². The molecule has 7 nitrogen and oxygen atoms in total. The minimum Gasteiger partial charge on any atom is -0.481 e. The Kier molecular flexibility index (Phi) is 5.15. The van der Waals surface area contributed by atoms with Crippen molar-refractivity contribution in [2.45, 2.75) is 45.3 Å². The van der Waals surface area contributed by atoms with Crippen LogP contribution in [0.3, 0.4) is 0 Å². The SMILES string of the molecule is CC(CN(C(=O)CCN1C(=O)C(C)Oc2ccccc21)C1CC1)C(=O)O. The second-order valence-corrected chi connectivity index (χ2v) is 6.98. The number of hydrogen-bond acceptors (Lipinski definition) is 4. The minimum absolute atomic E-state index is 0.106. The quantitative estimate of drug-likeness (QED) is 0.802. The van der Waals surface area contributed by atoms with Gasteiger partial charge in [-0.1, -0.05) is 19.1 Å². The predicted molar refractivity (Wildman–Crippen MR) is 95.0 cm³/mol. The number of para-hydroxylation sites is 2. The van der Waals surface area contributed by atoms with E-state index in [0.29, 0.717) is 11.4 Å². The number of carboxylic acid groups (broad SMARTS) is 1. The summed E-state index contributed by atoms with van der Waals surface area (Å²) in [6.45, 7) is 3.77. The van der Waals surface area contributed by atoms with Crippen molar-refractivity contribution in [3.8, 4) is 5.75 Å². The first kappa shape index (κ1) is 18.2. The van der Waals surface area contributed by atoms with Crippen molar-refractivity contribution in [2.24, 2.45) is 5.92 Å². The molecule has 2 amide bonds. The summed E-state index contributed by atoms with van der Waals surface area (Å²) in [6, 6.07) is 7.40. The number of nitrogens with zero attached hydrogens (tertiary/aromatic N) is 2. The Morgan fingerprint density at radius 1 is 1.35 bits per heavy atom.